The summed E-state index contributed by atoms with van der Waals surface area (Å²) >= 11 is 1.41. The molecule has 2 heterocycles. The molecule has 29 heavy (non-hydrogen) atoms. The Labute approximate surface area is 173 Å². The van der Waals surface area contributed by atoms with E-state index >= 15 is 0 Å². The quantitative estimate of drug-likeness (QED) is 0.597. The zero-order valence-corrected chi connectivity index (χ0v) is 17.0. The molecule has 1 aliphatic rings. The van der Waals surface area contributed by atoms with E-state index in [0.717, 1.165) is 22.6 Å². The van der Waals surface area contributed by atoms with Crippen LogP contribution in [0.2, 0.25) is 0 Å². The van der Waals surface area contributed by atoms with Crippen LogP contribution in [0.1, 0.15) is 6.42 Å². The van der Waals surface area contributed by atoms with Crippen molar-refractivity contribution in [3.8, 4) is 11.5 Å². The Hall–Kier alpha value is -2.71. The number of anilines is 1. The van der Waals surface area contributed by atoms with Crippen molar-refractivity contribution in [2.75, 3.05) is 38.0 Å². The first-order chi connectivity index (χ1) is 14.2. The molecular formula is C21H23N3O4S. The Morgan fingerprint density at radius 3 is 2.90 bits per heavy atom. The second-order valence-electron chi connectivity index (χ2n) is 6.58. The molecule has 1 aliphatic heterocycles. The van der Waals surface area contributed by atoms with Gasteiger partial charge in [0.25, 0.3) is 0 Å². The Bertz CT molecular complexity index is 1000. The van der Waals surface area contributed by atoms with Crippen LogP contribution in [0.5, 0.6) is 11.5 Å². The number of rotatable bonds is 7. The van der Waals surface area contributed by atoms with Crippen molar-refractivity contribution in [2.45, 2.75) is 18.1 Å². The van der Waals surface area contributed by atoms with Crippen molar-refractivity contribution >= 4 is 34.4 Å². The monoisotopic (exact) mass is 413 g/mol. The lowest BCUT2D eigenvalue weighted by atomic mass is 10.2. The van der Waals surface area contributed by atoms with Gasteiger partial charge in [-0.3, -0.25) is 4.79 Å². The van der Waals surface area contributed by atoms with Crippen LogP contribution in [0.4, 0.5) is 5.69 Å². The standard InChI is InChI=1S/C21H23N3O4S/c1-26-12-9-24-17-6-3-2-5-16(17)23-21(24)29-14-20(25)22-15-7-8-18-19(13-15)28-11-4-10-27-18/h2-3,5-8,13H,4,9-12,14H2,1H3,(H,22,25). The average Bonchev–Trinajstić information content (AvgIpc) is 2.91. The van der Waals surface area contributed by atoms with Crippen LogP contribution in [-0.2, 0) is 16.1 Å². The second-order valence-corrected chi connectivity index (χ2v) is 7.52. The van der Waals surface area contributed by atoms with Crippen molar-refractivity contribution in [3.05, 3.63) is 42.5 Å². The average molecular weight is 413 g/mol. The van der Waals surface area contributed by atoms with Gasteiger partial charge in [0.05, 0.1) is 36.6 Å². The number of fused-ring (bicyclic) bond motifs is 2. The number of aromatic nitrogens is 2. The van der Waals surface area contributed by atoms with Crippen molar-refractivity contribution in [1.29, 1.82) is 0 Å². The van der Waals surface area contributed by atoms with Crippen LogP contribution >= 0.6 is 11.8 Å². The molecule has 0 saturated heterocycles. The molecule has 3 aromatic rings. The predicted molar refractivity (Wildman–Crippen MR) is 113 cm³/mol. The van der Waals surface area contributed by atoms with Gasteiger partial charge in [-0.1, -0.05) is 23.9 Å². The second kappa shape index (κ2) is 9.19. The normalized spacial score (nSPS) is 13.3. The SMILES string of the molecule is COCCn1c(SCC(=O)Nc2ccc3c(c2)OCCCO3)nc2ccccc21. The predicted octanol–water partition coefficient (Wildman–Crippen LogP) is 3.57. The highest BCUT2D eigenvalue weighted by atomic mass is 32.2. The number of para-hydroxylation sites is 2. The number of carbonyl (C=O) groups is 1. The molecule has 0 atom stereocenters. The topological polar surface area (TPSA) is 74.6 Å². The number of hydrogen-bond acceptors (Lipinski definition) is 6. The summed E-state index contributed by atoms with van der Waals surface area (Å²) in [7, 11) is 1.68. The summed E-state index contributed by atoms with van der Waals surface area (Å²) in [6.07, 6.45) is 0.844. The Morgan fingerprint density at radius 2 is 2.03 bits per heavy atom. The molecule has 8 heteroatoms. The van der Waals surface area contributed by atoms with Crippen molar-refractivity contribution in [3.63, 3.8) is 0 Å². The first-order valence-corrected chi connectivity index (χ1v) is 10.5. The highest BCUT2D eigenvalue weighted by Gasteiger charge is 2.15. The minimum Gasteiger partial charge on any atom is -0.490 e. The van der Waals surface area contributed by atoms with E-state index in [-0.39, 0.29) is 11.7 Å². The van der Waals surface area contributed by atoms with E-state index < -0.39 is 0 Å². The third kappa shape index (κ3) is 4.65. The van der Waals surface area contributed by atoms with E-state index in [9.17, 15) is 4.79 Å². The van der Waals surface area contributed by atoms with Gasteiger partial charge in [-0.05, 0) is 24.3 Å². The van der Waals surface area contributed by atoms with Crippen molar-refractivity contribution < 1.29 is 19.0 Å². The van der Waals surface area contributed by atoms with Crippen molar-refractivity contribution in [1.82, 2.24) is 9.55 Å². The number of thioether (sulfide) groups is 1. The molecule has 0 saturated carbocycles. The summed E-state index contributed by atoms with van der Waals surface area (Å²) in [4.78, 5) is 17.2. The summed E-state index contributed by atoms with van der Waals surface area (Å²) in [6.45, 7) is 2.51. The lowest BCUT2D eigenvalue weighted by Gasteiger charge is -2.11. The number of benzene rings is 2. The minimum atomic E-state index is -0.102. The van der Waals surface area contributed by atoms with Crippen molar-refractivity contribution in [2.24, 2.45) is 0 Å². The third-order valence-electron chi connectivity index (χ3n) is 4.50. The lowest BCUT2D eigenvalue weighted by molar-refractivity contribution is -0.113. The van der Waals surface area contributed by atoms with E-state index in [0.29, 0.717) is 43.6 Å². The molecule has 1 aromatic heterocycles. The number of amides is 1. The van der Waals surface area contributed by atoms with Gasteiger partial charge >= 0.3 is 0 Å². The van der Waals surface area contributed by atoms with Gasteiger partial charge in [0.1, 0.15) is 0 Å². The molecule has 152 valence electrons. The van der Waals surface area contributed by atoms with Gasteiger partial charge in [0.15, 0.2) is 16.7 Å². The summed E-state index contributed by atoms with van der Waals surface area (Å²) in [5.74, 6) is 1.52. The molecular weight excluding hydrogens is 390 g/mol. The third-order valence-corrected chi connectivity index (χ3v) is 5.48. The zero-order valence-electron chi connectivity index (χ0n) is 16.2. The summed E-state index contributed by atoms with van der Waals surface area (Å²) < 4.78 is 18.6. The molecule has 0 fully saturated rings. The Morgan fingerprint density at radius 1 is 1.21 bits per heavy atom. The number of methoxy groups -OCH3 is 1. The smallest absolute Gasteiger partial charge is 0.234 e. The number of imidazole rings is 1. The molecule has 2 aromatic carbocycles. The highest BCUT2D eigenvalue weighted by molar-refractivity contribution is 7.99. The maximum Gasteiger partial charge on any atom is 0.234 e. The minimum absolute atomic E-state index is 0.102. The Balaban J connectivity index is 1.43. The highest BCUT2D eigenvalue weighted by Crippen LogP contribution is 2.32. The van der Waals surface area contributed by atoms with Crippen LogP contribution in [0.25, 0.3) is 11.0 Å². The van der Waals surface area contributed by atoms with Crippen LogP contribution in [0, 0.1) is 0 Å². The number of nitrogens with one attached hydrogen (secondary N) is 1. The van der Waals surface area contributed by atoms with Gasteiger partial charge in [0, 0.05) is 31.8 Å². The zero-order chi connectivity index (χ0) is 20.1. The van der Waals surface area contributed by atoms with Gasteiger partial charge < -0.3 is 24.1 Å². The number of hydrogen-bond donors (Lipinski definition) is 1. The van der Waals surface area contributed by atoms with Crippen LogP contribution in [0.15, 0.2) is 47.6 Å². The van der Waals surface area contributed by atoms with E-state index in [1.807, 2.05) is 36.4 Å². The van der Waals surface area contributed by atoms with E-state index in [2.05, 4.69) is 14.9 Å². The molecule has 0 unspecified atom stereocenters. The summed E-state index contributed by atoms with van der Waals surface area (Å²) in [5, 5.41) is 3.72. The van der Waals surface area contributed by atoms with E-state index in [4.69, 9.17) is 14.2 Å². The fourth-order valence-electron chi connectivity index (χ4n) is 3.13. The largest absolute Gasteiger partial charge is 0.490 e. The molecule has 4 rings (SSSR count). The first kappa shape index (κ1) is 19.6. The maximum atomic E-state index is 12.5. The molecule has 0 spiro atoms. The molecule has 0 bridgehead atoms. The number of nitrogens with zero attached hydrogens (tertiary/aromatic N) is 2. The van der Waals surface area contributed by atoms with Crippen LogP contribution < -0.4 is 14.8 Å². The summed E-state index contributed by atoms with van der Waals surface area (Å²) in [5.41, 5.74) is 2.64. The first-order valence-electron chi connectivity index (χ1n) is 9.51. The maximum absolute atomic E-state index is 12.5. The van der Waals surface area contributed by atoms with Gasteiger partial charge in [-0.2, -0.15) is 0 Å². The molecule has 1 amide bonds. The van der Waals surface area contributed by atoms with Gasteiger partial charge in [0.2, 0.25) is 5.91 Å². The fraction of sp³-hybridized carbons (Fsp3) is 0.333. The molecule has 7 nitrogen and oxygen atoms in total. The molecule has 1 N–H and O–H groups in total. The molecule has 0 aliphatic carbocycles. The number of carbonyl (C=O) groups excluding carboxylic acids is 1. The Kier molecular flexibility index (Phi) is 6.21. The molecule has 0 radical (unpaired) electrons. The summed E-state index contributed by atoms with van der Waals surface area (Å²) in [6, 6.07) is 13.4. The van der Waals surface area contributed by atoms with Gasteiger partial charge in [-0.25, -0.2) is 4.98 Å². The number of ether oxygens (including phenoxy) is 3. The van der Waals surface area contributed by atoms with Gasteiger partial charge in [-0.15, -0.1) is 0 Å². The fourth-order valence-corrected chi connectivity index (χ4v) is 3.97. The van der Waals surface area contributed by atoms with E-state index in [1.54, 1.807) is 13.2 Å². The lowest BCUT2D eigenvalue weighted by Crippen LogP contribution is -2.15. The van der Waals surface area contributed by atoms with E-state index in [1.165, 1.54) is 11.8 Å². The van der Waals surface area contributed by atoms with Crippen LogP contribution in [-0.4, -0.2) is 48.1 Å². The van der Waals surface area contributed by atoms with Crippen LogP contribution in [0.3, 0.4) is 0 Å².